The molecule has 9 nitrogen and oxygen atoms in total. The SMILES string of the molecule is COCCNS(=O)(=O)c1nnc(NC(=O)N(C2CCCCC2)C2CCCCC2)s1. The van der Waals surface area contributed by atoms with Crippen molar-refractivity contribution in [3.05, 3.63) is 0 Å². The summed E-state index contributed by atoms with van der Waals surface area (Å²) in [5, 5.41) is 10.6. The summed E-state index contributed by atoms with van der Waals surface area (Å²) in [7, 11) is -2.26. The number of ether oxygens (including phenoxy) is 1. The smallest absolute Gasteiger partial charge is 0.324 e. The van der Waals surface area contributed by atoms with Crippen molar-refractivity contribution in [2.45, 2.75) is 80.6 Å². The number of methoxy groups -OCH3 is 1. The molecular formula is C18H31N5O4S2. The van der Waals surface area contributed by atoms with Gasteiger partial charge in [0.25, 0.3) is 10.0 Å². The Morgan fingerprint density at radius 3 is 2.21 bits per heavy atom. The zero-order chi connectivity index (χ0) is 20.7. The molecule has 1 aromatic heterocycles. The van der Waals surface area contributed by atoms with Crippen molar-refractivity contribution in [2.75, 3.05) is 25.6 Å². The molecule has 0 spiro atoms. The molecule has 0 unspecified atom stereocenters. The van der Waals surface area contributed by atoms with Crippen molar-refractivity contribution in [3.63, 3.8) is 0 Å². The normalized spacial score (nSPS) is 19.2. The standard InChI is InChI=1S/C18H31N5O4S2/c1-27-13-12-19-29(25,26)18-22-21-16(28-18)20-17(24)23(14-8-4-2-5-9-14)15-10-6-3-7-11-15/h14-15,19H,2-13H2,1H3,(H,20,21,24). The van der Waals surface area contributed by atoms with E-state index >= 15 is 0 Å². The summed E-state index contributed by atoms with van der Waals surface area (Å²) < 4.78 is 31.6. The summed E-state index contributed by atoms with van der Waals surface area (Å²) in [6.45, 7) is 0.413. The molecule has 0 bridgehead atoms. The molecule has 2 N–H and O–H groups in total. The molecule has 2 fully saturated rings. The maximum atomic E-state index is 13.2. The van der Waals surface area contributed by atoms with Gasteiger partial charge < -0.3 is 9.64 Å². The lowest BCUT2D eigenvalue weighted by atomic mass is 9.89. The van der Waals surface area contributed by atoms with Crippen LogP contribution in [0.4, 0.5) is 9.93 Å². The van der Waals surface area contributed by atoms with Crippen molar-refractivity contribution < 1.29 is 17.9 Å². The van der Waals surface area contributed by atoms with Crippen LogP contribution in [-0.4, -0.2) is 61.9 Å². The van der Waals surface area contributed by atoms with Crippen molar-refractivity contribution in [1.82, 2.24) is 19.8 Å². The second-order valence-corrected chi connectivity index (χ2v) is 10.6. The number of nitrogens with one attached hydrogen (secondary N) is 2. The third-order valence-corrected chi connectivity index (χ3v) is 8.29. The van der Waals surface area contributed by atoms with E-state index in [-0.39, 0.29) is 40.7 Å². The van der Waals surface area contributed by atoms with Gasteiger partial charge in [0, 0.05) is 25.7 Å². The van der Waals surface area contributed by atoms with Gasteiger partial charge in [0.1, 0.15) is 0 Å². The molecule has 29 heavy (non-hydrogen) atoms. The number of nitrogens with zero attached hydrogens (tertiary/aromatic N) is 3. The molecule has 11 heteroatoms. The van der Waals surface area contributed by atoms with Gasteiger partial charge in [0.2, 0.25) is 9.47 Å². The van der Waals surface area contributed by atoms with Crippen LogP contribution in [0.1, 0.15) is 64.2 Å². The molecule has 164 valence electrons. The second-order valence-electron chi connectivity index (χ2n) is 7.68. The second kappa shape index (κ2) is 10.6. The summed E-state index contributed by atoms with van der Waals surface area (Å²) in [6, 6.07) is 0.314. The minimum Gasteiger partial charge on any atom is -0.383 e. The van der Waals surface area contributed by atoms with Gasteiger partial charge in [-0.2, -0.15) is 0 Å². The van der Waals surface area contributed by atoms with Gasteiger partial charge in [-0.3, -0.25) is 5.32 Å². The van der Waals surface area contributed by atoms with Gasteiger partial charge >= 0.3 is 6.03 Å². The van der Waals surface area contributed by atoms with Crippen molar-refractivity contribution >= 4 is 32.5 Å². The fraction of sp³-hybridized carbons (Fsp3) is 0.833. The number of hydrogen-bond acceptors (Lipinski definition) is 7. The van der Waals surface area contributed by atoms with Crippen LogP contribution in [-0.2, 0) is 14.8 Å². The molecule has 0 radical (unpaired) electrons. The Hall–Kier alpha value is -1.30. The fourth-order valence-corrected chi connectivity index (χ4v) is 6.16. The fourth-order valence-electron chi connectivity index (χ4n) is 4.21. The highest BCUT2D eigenvalue weighted by atomic mass is 32.2. The number of carbonyl (C=O) groups is 1. The molecule has 0 aromatic carbocycles. The van der Waals surface area contributed by atoms with E-state index in [2.05, 4.69) is 20.2 Å². The van der Waals surface area contributed by atoms with Gasteiger partial charge in [0.05, 0.1) is 6.61 Å². The maximum absolute atomic E-state index is 13.2. The van der Waals surface area contributed by atoms with Gasteiger partial charge in [-0.05, 0) is 25.7 Å². The Morgan fingerprint density at radius 2 is 1.66 bits per heavy atom. The van der Waals surface area contributed by atoms with E-state index in [0.717, 1.165) is 62.7 Å². The Kier molecular flexibility index (Phi) is 8.22. The highest BCUT2D eigenvalue weighted by Gasteiger charge is 2.33. The van der Waals surface area contributed by atoms with Gasteiger partial charge in [0.15, 0.2) is 0 Å². The minimum atomic E-state index is -3.76. The van der Waals surface area contributed by atoms with E-state index < -0.39 is 10.0 Å². The number of hydrogen-bond donors (Lipinski definition) is 2. The number of anilines is 1. The van der Waals surface area contributed by atoms with Crippen LogP contribution in [0.15, 0.2) is 4.34 Å². The summed E-state index contributed by atoms with van der Waals surface area (Å²) in [4.78, 5) is 15.2. The molecule has 2 saturated carbocycles. The average Bonchev–Trinajstić information content (AvgIpc) is 3.19. The van der Waals surface area contributed by atoms with Gasteiger partial charge in [-0.1, -0.05) is 49.9 Å². The van der Waals surface area contributed by atoms with Crippen molar-refractivity contribution in [2.24, 2.45) is 0 Å². The Morgan fingerprint density at radius 1 is 1.07 bits per heavy atom. The van der Waals surface area contributed by atoms with Crippen LogP contribution >= 0.6 is 11.3 Å². The molecule has 3 rings (SSSR count). The quantitative estimate of drug-likeness (QED) is 0.470. The zero-order valence-electron chi connectivity index (χ0n) is 16.9. The number of aromatic nitrogens is 2. The number of urea groups is 1. The first-order valence-corrected chi connectivity index (χ1v) is 12.7. The maximum Gasteiger partial charge on any atom is 0.324 e. The lowest BCUT2D eigenvalue weighted by Crippen LogP contribution is -2.50. The van der Waals surface area contributed by atoms with E-state index in [4.69, 9.17) is 4.74 Å². The summed E-state index contributed by atoms with van der Waals surface area (Å²) in [6.07, 6.45) is 11.2. The molecule has 2 aliphatic carbocycles. The molecule has 1 aromatic rings. The first-order chi connectivity index (χ1) is 14.0. The highest BCUT2D eigenvalue weighted by molar-refractivity contribution is 7.91. The van der Waals surface area contributed by atoms with Crippen LogP contribution in [0.5, 0.6) is 0 Å². The topological polar surface area (TPSA) is 114 Å². The first-order valence-electron chi connectivity index (χ1n) is 10.4. The Balaban J connectivity index is 1.68. The van der Waals surface area contributed by atoms with Crippen molar-refractivity contribution in [1.29, 1.82) is 0 Å². The van der Waals surface area contributed by atoms with Crippen molar-refractivity contribution in [3.8, 4) is 0 Å². The molecule has 0 atom stereocenters. The zero-order valence-corrected chi connectivity index (χ0v) is 18.6. The van der Waals surface area contributed by atoms with Crippen LogP contribution in [0.25, 0.3) is 0 Å². The molecule has 0 aliphatic heterocycles. The Labute approximate surface area is 176 Å². The predicted octanol–water partition coefficient (Wildman–Crippen LogP) is 2.96. The molecule has 1 heterocycles. The first kappa shape index (κ1) is 22.4. The highest BCUT2D eigenvalue weighted by Crippen LogP contribution is 2.31. The number of amides is 2. The number of sulfonamides is 1. The van der Waals surface area contributed by atoms with E-state index in [1.165, 1.54) is 20.0 Å². The van der Waals surface area contributed by atoms with Crippen LogP contribution in [0, 0.1) is 0 Å². The average molecular weight is 446 g/mol. The largest absolute Gasteiger partial charge is 0.383 e. The molecule has 0 saturated heterocycles. The van der Waals surface area contributed by atoms with E-state index in [9.17, 15) is 13.2 Å². The van der Waals surface area contributed by atoms with Crippen LogP contribution in [0.2, 0.25) is 0 Å². The molecule has 2 aliphatic rings. The predicted molar refractivity (Wildman–Crippen MR) is 112 cm³/mol. The molecule has 2 amide bonds. The monoisotopic (exact) mass is 445 g/mol. The summed E-state index contributed by atoms with van der Waals surface area (Å²) in [5.74, 6) is 0. The van der Waals surface area contributed by atoms with Gasteiger partial charge in [-0.15, -0.1) is 10.2 Å². The van der Waals surface area contributed by atoms with Crippen LogP contribution in [0.3, 0.4) is 0 Å². The van der Waals surface area contributed by atoms with Crippen LogP contribution < -0.4 is 10.0 Å². The van der Waals surface area contributed by atoms with Gasteiger partial charge in [-0.25, -0.2) is 17.9 Å². The van der Waals surface area contributed by atoms with E-state index in [0.29, 0.717) is 0 Å². The lowest BCUT2D eigenvalue weighted by molar-refractivity contribution is 0.114. The molecular weight excluding hydrogens is 414 g/mol. The number of carbonyl (C=O) groups excluding carboxylic acids is 1. The number of rotatable bonds is 8. The third-order valence-electron chi connectivity index (χ3n) is 5.62. The summed E-state index contributed by atoms with van der Waals surface area (Å²) in [5.41, 5.74) is 0. The lowest BCUT2D eigenvalue weighted by Gasteiger charge is -2.41. The van der Waals surface area contributed by atoms with E-state index in [1.807, 2.05) is 4.90 Å². The minimum absolute atomic E-state index is 0.150. The third kappa shape index (κ3) is 6.09. The van der Waals surface area contributed by atoms with E-state index in [1.54, 1.807) is 0 Å². The summed E-state index contributed by atoms with van der Waals surface area (Å²) >= 11 is 0.865. The Bertz CT molecular complexity index is 740.